The smallest absolute Gasteiger partial charge is 0.195 e. The van der Waals surface area contributed by atoms with Crippen LogP contribution in [0, 0.1) is 11.3 Å². The zero-order valence-electron chi connectivity index (χ0n) is 11.4. The van der Waals surface area contributed by atoms with Crippen LogP contribution in [-0.2, 0) is 6.42 Å². The van der Waals surface area contributed by atoms with Gasteiger partial charge in [0, 0.05) is 23.3 Å². The SMILES string of the molecule is N#CCc1c(-c2cccnc2)nc2scc(-c3cccs3)n12. The van der Waals surface area contributed by atoms with Crippen LogP contribution in [0.5, 0.6) is 0 Å². The minimum absolute atomic E-state index is 0.320. The van der Waals surface area contributed by atoms with Crippen molar-refractivity contribution in [3.05, 3.63) is 53.1 Å². The fraction of sp³-hybridized carbons (Fsp3) is 0.0625. The molecule has 0 fully saturated rings. The van der Waals surface area contributed by atoms with Crippen molar-refractivity contribution < 1.29 is 0 Å². The Balaban J connectivity index is 2.00. The molecule has 0 saturated heterocycles. The second-order valence-electron chi connectivity index (χ2n) is 4.70. The molecule has 6 heteroatoms. The molecule has 4 rings (SSSR count). The molecule has 106 valence electrons. The average Bonchev–Trinajstić information content (AvgIpc) is 3.25. The topological polar surface area (TPSA) is 54.0 Å². The number of thiophene rings is 1. The quantitative estimate of drug-likeness (QED) is 0.566. The zero-order valence-corrected chi connectivity index (χ0v) is 13.1. The molecule has 4 aromatic heterocycles. The van der Waals surface area contributed by atoms with Crippen molar-refractivity contribution in [3.8, 4) is 27.9 Å². The zero-order chi connectivity index (χ0) is 14.9. The average molecular weight is 322 g/mol. The molecule has 4 aromatic rings. The van der Waals surface area contributed by atoms with Gasteiger partial charge in [-0.25, -0.2) is 4.98 Å². The highest BCUT2D eigenvalue weighted by Crippen LogP contribution is 2.34. The first-order chi connectivity index (χ1) is 10.9. The Labute approximate surface area is 135 Å². The Kier molecular flexibility index (Phi) is 3.22. The van der Waals surface area contributed by atoms with E-state index < -0.39 is 0 Å². The third-order valence-electron chi connectivity index (χ3n) is 3.41. The molecule has 0 aliphatic heterocycles. The predicted octanol–water partition coefficient (Wildman–Crippen LogP) is 4.25. The van der Waals surface area contributed by atoms with Gasteiger partial charge in [-0.3, -0.25) is 9.38 Å². The van der Waals surface area contributed by atoms with E-state index >= 15 is 0 Å². The van der Waals surface area contributed by atoms with Crippen molar-refractivity contribution in [1.29, 1.82) is 5.26 Å². The highest BCUT2D eigenvalue weighted by atomic mass is 32.1. The Bertz CT molecular complexity index is 959. The van der Waals surface area contributed by atoms with Crippen LogP contribution in [0.1, 0.15) is 5.69 Å². The van der Waals surface area contributed by atoms with Gasteiger partial charge in [0.25, 0.3) is 0 Å². The molecule has 4 nitrogen and oxygen atoms in total. The molecule has 0 amide bonds. The van der Waals surface area contributed by atoms with Crippen LogP contribution < -0.4 is 0 Å². The number of nitrogens with zero attached hydrogens (tertiary/aromatic N) is 4. The van der Waals surface area contributed by atoms with E-state index in [0.29, 0.717) is 6.42 Å². The highest BCUT2D eigenvalue weighted by molar-refractivity contribution is 7.17. The van der Waals surface area contributed by atoms with Gasteiger partial charge in [-0.15, -0.1) is 22.7 Å². The Morgan fingerprint density at radius 3 is 2.91 bits per heavy atom. The van der Waals surface area contributed by atoms with E-state index in [2.05, 4.69) is 32.3 Å². The van der Waals surface area contributed by atoms with Gasteiger partial charge in [-0.05, 0) is 23.6 Å². The number of rotatable bonds is 3. The van der Waals surface area contributed by atoms with Gasteiger partial charge in [-0.1, -0.05) is 6.07 Å². The number of pyridine rings is 1. The van der Waals surface area contributed by atoms with Crippen molar-refractivity contribution in [1.82, 2.24) is 14.4 Å². The molecular formula is C16H10N4S2. The first-order valence-electron chi connectivity index (χ1n) is 6.68. The van der Waals surface area contributed by atoms with Crippen molar-refractivity contribution in [3.63, 3.8) is 0 Å². The summed E-state index contributed by atoms with van der Waals surface area (Å²) < 4.78 is 2.10. The molecule has 0 saturated carbocycles. The molecular weight excluding hydrogens is 312 g/mol. The van der Waals surface area contributed by atoms with E-state index in [1.807, 2.05) is 18.2 Å². The molecule has 0 aliphatic carbocycles. The molecule has 0 N–H and O–H groups in total. The van der Waals surface area contributed by atoms with E-state index in [1.54, 1.807) is 35.1 Å². The molecule has 0 spiro atoms. The van der Waals surface area contributed by atoms with Crippen LogP contribution >= 0.6 is 22.7 Å². The molecule has 0 aliphatic rings. The second-order valence-corrected chi connectivity index (χ2v) is 6.48. The summed E-state index contributed by atoms with van der Waals surface area (Å²) in [5, 5.41) is 13.4. The number of imidazole rings is 1. The number of thiazole rings is 1. The Morgan fingerprint density at radius 1 is 1.23 bits per heavy atom. The summed E-state index contributed by atoms with van der Waals surface area (Å²) in [7, 11) is 0. The van der Waals surface area contributed by atoms with Crippen LogP contribution in [0.15, 0.2) is 47.4 Å². The summed E-state index contributed by atoms with van der Waals surface area (Å²) in [6.07, 6.45) is 3.85. The second kappa shape index (κ2) is 5.37. The first-order valence-corrected chi connectivity index (χ1v) is 8.44. The molecule has 0 radical (unpaired) electrons. The summed E-state index contributed by atoms with van der Waals surface area (Å²) >= 11 is 3.29. The maximum atomic E-state index is 9.23. The maximum absolute atomic E-state index is 9.23. The number of hydrogen-bond donors (Lipinski definition) is 0. The van der Waals surface area contributed by atoms with E-state index in [-0.39, 0.29) is 0 Å². The van der Waals surface area contributed by atoms with Crippen LogP contribution in [0.3, 0.4) is 0 Å². The Morgan fingerprint density at radius 2 is 2.18 bits per heavy atom. The number of fused-ring (bicyclic) bond motifs is 1. The van der Waals surface area contributed by atoms with E-state index in [4.69, 9.17) is 4.98 Å². The number of hydrogen-bond acceptors (Lipinski definition) is 5. The fourth-order valence-electron chi connectivity index (χ4n) is 2.48. The lowest BCUT2D eigenvalue weighted by molar-refractivity contribution is 1.08. The maximum Gasteiger partial charge on any atom is 0.195 e. The summed E-state index contributed by atoms with van der Waals surface area (Å²) in [4.78, 5) is 11.0. The largest absolute Gasteiger partial charge is 0.285 e. The number of aromatic nitrogens is 3. The lowest BCUT2D eigenvalue weighted by Gasteiger charge is -2.02. The lowest BCUT2D eigenvalue weighted by atomic mass is 10.1. The predicted molar refractivity (Wildman–Crippen MR) is 88.9 cm³/mol. The summed E-state index contributed by atoms with van der Waals surface area (Å²) in [5.41, 5.74) is 3.82. The lowest BCUT2D eigenvalue weighted by Crippen LogP contribution is -1.94. The molecule has 0 bridgehead atoms. The van der Waals surface area contributed by atoms with Gasteiger partial charge in [-0.2, -0.15) is 5.26 Å². The summed E-state index contributed by atoms with van der Waals surface area (Å²) in [6, 6.07) is 10.3. The van der Waals surface area contributed by atoms with Gasteiger partial charge in [0.1, 0.15) is 0 Å². The molecule has 22 heavy (non-hydrogen) atoms. The van der Waals surface area contributed by atoms with Crippen LogP contribution in [0.25, 0.3) is 26.8 Å². The number of nitriles is 1. The van der Waals surface area contributed by atoms with E-state index in [1.165, 1.54) is 4.88 Å². The van der Waals surface area contributed by atoms with Gasteiger partial charge < -0.3 is 0 Å². The van der Waals surface area contributed by atoms with E-state index in [0.717, 1.165) is 27.6 Å². The van der Waals surface area contributed by atoms with Crippen LogP contribution in [0.2, 0.25) is 0 Å². The molecule has 0 aromatic carbocycles. The summed E-state index contributed by atoms with van der Waals surface area (Å²) in [5.74, 6) is 0. The normalized spacial score (nSPS) is 10.9. The van der Waals surface area contributed by atoms with E-state index in [9.17, 15) is 5.26 Å². The minimum atomic E-state index is 0.320. The van der Waals surface area contributed by atoms with Gasteiger partial charge in [0.15, 0.2) is 4.96 Å². The first kappa shape index (κ1) is 13.2. The standard InChI is InChI=1S/C16H10N4S2/c17-6-5-12-15(11-3-1-7-18-9-11)19-16-20(12)13(10-22-16)14-4-2-8-21-14/h1-4,7-10H,5H2. The third kappa shape index (κ3) is 2.03. The van der Waals surface area contributed by atoms with Crippen molar-refractivity contribution in [2.75, 3.05) is 0 Å². The minimum Gasteiger partial charge on any atom is -0.285 e. The van der Waals surface area contributed by atoms with Crippen molar-refractivity contribution in [2.45, 2.75) is 6.42 Å². The van der Waals surface area contributed by atoms with Crippen LogP contribution in [-0.4, -0.2) is 14.4 Å². The van der Waals surface area contributed by atoms with Gasteiger partial charge >= 0.3 is 0 Å². The molecule has 0 unspecified atom stereocenters. The fourth-order valence-corrected chi connectivity index (χ4v) is 4.20. The van der Waals surface area contributed by atoms with Crippen molar-refractivity contribution >= 4 is 27.6 Å². The summed E-state index contributed by atoms with van der Waals surface area (Å²) in [6.45, 7) is 0. The molecule has 4 heterocycles. The van der Waals surface area contributed by atoms with Crippen molar-refractivity contribution in [2.24, 2.45) is 0 Å². The van der Waals surface area contributed by atoms with Gasteiger partial charge in [0.2, 0.25) is 0 Å². The third-order valence-corrected chi connectivity index (χ3v) is 5.13. The highest BCUT2D eigenvalue weighted by Gasteiger charge is 2.19. The Hall–Kier alpha value is -2.49. The molecule has 0 atom stereocenters. The van der Waals surface area contributed by atoms with Gasteiger partial charge in [0.05, 0.1) is 34.4 Å². The monoisotopic (exact) mass is 322 g/mol. The van der Waals surface area contributed by atoms with Crippen LogP contribution in [0.4, 0.5) is 0 Å².